The molecular formula is C19H19Cl2FN2O2. The lowest BCUT2D eigenvalue weighted by molar-refractivity contribution is -0.139. The highest BCUT2D eigenvalue weighted by atomic mass is 35.5. The summed E-state index contributed by atoms with van der Waals surface area (Å²) in [4.78, 5) is 26.3. The second kappa shape index (κ2) is 9.01. The van der Waals surface area contributed by atoms with Gasteiger partial charge in [-0.1, -0.05) is 47.5 Å². The Hall–Kier alpha value is -2.11. The molecule has 0 heterocycles. The Morgan fingerprint density at radius 3 is 2.31 bits per heavy atom. The maximum Gasteiger partial charge on any atom is 0.242 e. The van der Waals surface area contributed by atoms with Gasteiger partial charge in [-0.25, -0.2) is 4.39 Å². The molecule has 2 rings (SSSR count). The molecule has 2 amide bonds. The molecule has 138 valence electrons. The van der Waals surface area contributed by atoms with Crippen LogP contribution in [0.25, 0.3) is 0 Å². The highest BCUT2D eigenvalue weighted by Gasteiger charge is 2.27. The second-order valence-electron chi connectivity index (χ2n) is 5.78. The molecule has 0 spiro atoms. The average molecular weight is 397 g/mol. The summed E-state index contributed by atoms with van der Waals surface area (Å²) in [5.41, 5.74) is 0.797. The van der Waals surface area contributed by atoms with E-state index in [4.69, 9.17) is 23.2 Å². The molecule has 2 aromatic carbocycles. The predicted molar refractivity (Wildman–Crippen MR) is 101 cm³/mol. The van der Waals surface area contributed by atoms with Crippen LogP contribution in [-0.2, 0) is 22.6 Å². The first kappa shape index (κ1) is 20.2. The Labute approximate surface area is 161 Å². The van der Waals surface area contributed by atoms with Crippen molar-refractivity contribution in [2.45, 2.75) is 25.9 Å². The zero-order valence-electron chi connectivity index (χ0n) is 14.4. The molecule has 0 bridgehead atoms. The van der Waals surface area contributed by atoms with E-state index in [9.17, 15) is 14.0 Å². The number of carbonyl (C=O) groups excluding carboxylic acids is 2. The fourth-order valence-corrected chi connectivity index (χ4v) is 3.09. The summed E-state index contributed by atoms with van der Waals surface area (Å²) in [6.45, 7) is 1.55. The molecule has 0 aliphatic heterocycles. The number of amides is 2. The van der Waals surface area contributed by atoms with Crippen LogP contribution < -0.4 is 5.32 Å². The minimum absolute atomic E-state index is 0.0395. The third-order valence-electron chi connectivity index (χ3n) is 4.10. The molecule has 0 radical (unpaired) electrons. The van der Waals surface area contributed by atoms with Crippen molar-refractivity contribution in [2.75, 3.05) is 7.05 Å². The van der Waals surface area contributed by atoms with Crippen LogP contribution in [0.2, 0.25) is 10.0 Å². The Kier molecular flexibility index (Phi) is 7.00. The molecule has 7 heteroatoms. The van der Waals surface area contributed by atoms with Crippen molar-refractivity contribution >= 4 is 35.0 Å². The van der Waals surface area contributed by atoms with Gasteiger partial charge in [-0.3, -0.25) is 9.59 Å². The van der Waals surface area contributed by atoms with Gasteiger partial charge in [-0.05, 0) is 30.7 Å². The van der Waals surface area contributed by atoms with E-state index < -0.39 is 11.9 Å². The number of hydrogen-bond donors (Lipinski definition) is 1. The number of hydrogen-bond acceptors (Lipinski definition) is 2. The molecule has 0 unspecified atom stereocenters. The van der Waals surface area contributed by atoms with Crippen molar-refractivity contribution < 1.29 is 14.0 Å². The van der Waals surface area contributed by atoms with Gasteiger partial charge in [0.15, 0.2) is 0 Å². The van der Waals surface area contributed by atoms with E-state index in [1.807, 2.05) is 0 Å². The van der Waals surface area contributed by atoms with E-state index in [0.717, 1.165) is 0 Å². The Morgan fingerprint density at radius 1 is 1.12 bits per heavy atom. The average Bonchev–Trinajstić information content (AvgIpc) is 2.62. The fraction of sp³-hybridized carbons (Fsp3) is 0.263. The first-order valence-electron chi connectivity index (χ1n) is 8.02. The smallest absolute Gasteiger partial charge is 0.242 e. The van der Waals surface area contributed by atoms with Gasteiger partial charge in [0.25, 0.3) is 0 Å². The maximum absolute atomic E-state index is 14.0. The number of carbonyl (C=O) groups is 2. The van der Waals surface area contributed by atoms with Crippen LogP contribution in [0.4, 0.5) is 4.39 Å². The van der Waals surface area contributed by atoms with Crippen molar-refractivity contribution in [1.29, 1.82) is 0 Å². The summed E-state index contributed by atoms with van der Waals surface area (Å²) >= 11 is 12.3. The molecular weight excluding hydrogens is 378 g/mol. The van der Waals surface area contributed by atoms with Crippen molar-refractivity contribution in [3.63, 3.8) is 0 Å². The molecule has 1 atom stereocenters. The normalized spacial score (nSPS) is 11.7. The monoisotopic (exact) mass is 396 g/mol. The van der Waals surface area contributed by atoms with E-state index >= 15 is 0 Å². The van der Waals surface area contributed by atoms with Crippen molar-refractivity contribution in [3.8, 4) is 0 Å². The third kappa shape index (κ3) is 4.74. The molecule has 4 nitrogen and oxygen atoms in total. The highest BCUT2D eigenvalue weighted by molar-refractivity contribution is 6.36. The molecule has 26 heavy (non-hydrogen) atoms. The van der Waals surface area contributed by atoms with Crippen LogP contribution in [0.1, 0.15) is 18.1 Å². The lowest BCUT2D eigenvalue weighted by Gasteiger charge is -2.29. The van der Waals surface area contributed by atoms with Gasteiger partial charge < -0.3 is 10.2 Å². The first-order chi connectivity index (χ1) is 12.3. The first-order valence-corrected chi connectivity index (χ1v) is 8.78. The molecule has 0 saturated carbocycles. The quantitative estimate of drug-likeness (QED) is 0.806. The van der Waals surface area contributed by atoms with E-state index in [2.05, 4.69) is 5.32 Å². The second-order valence-corrected chi connectivity index (χ2v) is 6.59. The Morgan fingerprint density at radius 2 is 1.73 bits per heavy atom. The van der Waals surface area contributed by atoms with Crippen molar-refractivity contribution in [3.05, 3.63) is 69.5 Å². The molecule has 1 N–H and O–H groups in total. The van der Waals surface area contributed by atoms with Gasteiger partial charge in [0.2, 0.25) is 11.8 Å². The van der Waals surface area contributed by atoms with Gasteiger partial charge in [0.05, 0.1) is 6.42 Å². The van der Waals surface area contributed by atoms with Gasteiger partial charge in [-0.15, -0.1) is 0 Å². The summed E-state index contributed by atoms with van der Waals surface area (Å²) in [6, 6.07) is 10.3. The van der Waals surface area contributed by atoms with Crippen LogP contribution in [0.5, 0.6) is 0 Å². The lowest BCUT2D eigenvalue weighted by Crippen LogP contribution is -2.47. The topological polar surface area (TPSA) is 49.4 Å². The van der Waals surface area contributed by atoms with Crippen molar-refractivity contribution in [1.82, 2.24) is 10.2 Å². The summed E-state index contributed by atoms with van der Waals surface area (Å²) < 4.78 is 14.0. The lowest BCUT2D eigenvalue weighted by atomic mass is 10.1. The zero-order valence-corrected chi connectivity index (χ0v) is 15.9. The molecule has 0 aliphatic rings. The summed E-state index contributed by atoms with van der Waals surface area (Å²) in [6.07, 6.45) is -0.0890. The molecule has 2 aromatic rings. The van der Waals surface area contributed by atoms with Crippen LogP contribution in [0, 0.1) is 5.82 Å². The molecule has 0 saturated heterocycles. The third-order valence-corrected chi connectivity index (χ3v) is 4.81. The zero-order chi connectivity index (χ0) is 19.3. The van der Waals surface area contributed by atoms with E-state index in [1.165, 1.54) is 18.0 Å². The number of rotatable bonds is 6. The minimum Gasteiger partial charge on any atom is -0.357 e. The van der Waals surface area contributed by atoms with Gasteiger partial charge in [0, 0.05) is 29.2 Å². The van der Waals surface area contributed by atoms with Gasteiger partial charge >= 0.3 is 0 Å². The largest absolute Gasteiger partial charge is 0.357 e. The van der Waals surface area contributed by atoms with Crippen molar-refractivity contribution in [2.24, 2.45) is 0 Å². The standard InChI is InChI=1S/C19H19Cl2FN2O2/c1-12(19(26)23-2)24(11-13-6-3-4-9-17(13)22)18(25)10-14-15(20)7-5-8-16(14)21/h3-9,12H,10-11H2,1-2H3,(H,23,26)/t12-/m1/s1. The van der Waals surface area contributed by atoms with E-state index in [0.29, 0.717) is 21.2 Å². The molecule has 0 aliphatic carbocycles. The molecule has 0 fully saturated rings. The molecule has 0 aromatic heterocycles. The van der Waals surface area contributed by atoms with E-state index in [-0.39, 0.29) is 24.8 Å². The summed E-state index contributed by atoms with van der Waals surface area (Å²) in [5.74, 6) is -1.16. The minimum atomic E-state index is -0.784. The fourth-order valence-electron chi connectivity index (χ4n) is 2.56. The Bertz CT molecular complexity index is 794. The number of likely N-dealkylation sites (N-methyl/N-ethyl adjacent to an activating group) is 1. The summed E-state index contributed by atoms with van der Waals surface area (Å²) in [7, 11) is 1.48. The van der Waals surface area contributed by atoms with Gasteiger partial charge in [-0.2, -0.15) is 0 Å². The SMILES string of the molecule is CNC(=O)[C@@H](C)N(Cc1ccccc1F)C(=O)Cc1c(Cl)cccc1Cl. The number of nitrogens with one attached hydrogen (secondary N) is 1. The Balaban J connectivity index is 2.32. The highest BCUT2D eigenvalue weighted by Crippen LogP contribution is 2.26. The number of nitrogens with zero attached hydrogens (tertiary/aromatic N) is 1. The van der Waals surface area contributed by atoms with Crippen LogP contribution in [-0.4, -0.2) is 29.8 Å². The van der Waals surface area contributed by atoms with Crippen LogP contribution in [0.15, 0.2) is 42.5 Å². The predicted octanol–water partition coefficient (Wildman–Crippen LogP) is 3.84. The summed E-state index contributed by atoms with van der Waals surface area (Å²) in [5, 5.41) is 3.24. The number of benzene rings is 2. The van der Waals surface area contributed by atoms with Crippen LogP contribution in [0.3, 0.4) is 0 Å². The number of halogens is 3. The maximum atomic E-state index is 14.0. The van der Waals surface area contributed by atoms with Crippen LogP contribution >= 0.6 is 23.2 Å². The van der Waals surface area contributed by atoms with E-state index in [1.54, 1.807) is 43.3 Å². The van der Waals surface area contributed by atoms with Gasteiger partial charge in [0.1, 0.15) is 11.9 Å².